The number of carbonyl (C=O) groups is 2. The van der Waals surface area contributed by atoms with E-state index < -0.39 is 17.3 Å². The molecule has 0 radical (unpaired) electrons. The summed E-state index contributed by atoms with van der Waals surface area (Å²) in [5.74, 6) is 0.845. The number of benzene rings is 1. The molecule has 0 spiro atoms. The van der Waals surface area contributed by atoms with Crippen LogP contribution in [0.25, 0.3) is 0 Å². The van der Waals surface area contributed by atoms with Gasteiger partial charge in [-0.2, -0.15) is 0 Å². The second-order valence-corrected chi connectivity index (χ2v) is 11.0. The maximum atomic E-state index is 14.2. The molecule has 5 fully saturated rings. The number of hydrogen-bond acceptors (Lipinski definition) is 5. The summed E-state index contributed by atoms with van der Waals surface area (Å²) >= 11 is 0. The molecule has 1 amide bonds. The van der Waals surface area contributed by atoms with Crippen LogP contribution in [0.2, 0.25) is 0 Å². The average Bonchev–Trinajstić information content (AvgIpc) is 2.75. The lowest BCUT2D eigenvalue weighted by Gasteiger charge is -2.59. The molecule has 1 aromatic carbocycles. The topological polar surface area (TPSA) is 82.1 Å². The lowest BCUT2D eigenvalue weighted by Crippen LogP contribution is -2.66. The molecule has 0 aromatic heterocycles. The van der Waals surface area contributed by atoms with Crippen LogP contribution >= 0.6 is 0 Å². The van der Waals surface area contributed by atoms with Crippen LogP contribution in [0.1, 0.15) is 46.0 Å². The zero-order valence-electron chi connectivity index (χ0n) is 19.4. The van der Waals surface area contributed by atoms with Crippen molar-refractivity contribution in [2.24, 2.45) is 17.8 Å². The Balaban J connectivity index is 1.21. The van der Waals surface area contributed by atoms with Crippen LogP contribution < -0.4 is 10.2 Å². The van der Waals surface area contributed by atoms with Crippen molar-refractivity contribution in [1.82, 2.24) is 10.2 Å². The normalized spacial score (nSPS) is 33.7. The fourth-order valence-electron chi connectivity index (χ4n) is 7.18. The van der Waals surface area contributed by atoms with Crippen LogP contribution in [-0.4, -0.2) is 65.4 Å². The smallest absolute Gasteiger partial charge is 0.450 e. The fraction of sp³-hybridized carbons (Fsp3) is 0.680. The molecule has 5 aliphatic rings. The summed E-state index contributed by atoms with van der Waals surface area (Å²) in [6, 6.07) is 6.91. The standard InChI is InChI=1S/C25H34FN3O4/c1-24(2,29-9-7-28(8-10-29)20-6-4-3-5-19(20)26)22(30)27-21-17-11-16-12-18(21)15-25(13-16,14-17)33-23(31)32/h3-6,16-18,21H,7-15H2,1-2H3,(H,27,30)(H,31,32). The molecule has 1 aliphatic heterocycles. The van der Waals surface area contributed by atoms with Crippen molar-refractivity contribution in [3.8, 4) is 0 Å². The molecule has 2 unspecified atom stereocenters. The first-order chi connectivity index (χ1) is 15.7. The van der Waals surface area contributed by atoms with Gasteiger partial charge in [-0.15, -0.1) is 0 Å². The molecule has 8 heteroatoms. The van der Waals surface area contributed by atoms with E-state index in [1.807, 2.05) is 24.8 Å². The molecule has 2 N–H and O–H groups in total. The Morgan fingerprint density at radius 3 is 2.33 bits per heavy atom. The maximum absolute atomic E-state index is 14.2. The van der Waals surface area contributed by atoms with E-state index in [4.69, 9.17) is 4.74 Å². The molecule has 2 atom stereocenters. The number of rotatable bonds is 5. The molecule has 33 heavy (non-hydrogen) atoms. The second-order valence-electron chi connectivity index (χ2n) is 11.0. The van der Waals surface area contributed by atoms with E-state index in [1.165, 1.54) is 6.07 Å². The Labute approximate surface area is 194 Å². The van der Waals surface area contributed by atoms with E-state index in [1.54, 1.807) is 12.1 Å². The van der Waals surface area contributed by atoms with Gasteiger partial charge in [-0.25, -0.2) is 9.18 Å². The van der Waals surface area contributed by atoms with Gasteiger partial charge in [-0.3, -0.25) is 9.69 Å². The average molecular weight is 460 g/mol. The number of carboxylic acid groups (broad SMARTS) is 1. The number of carbonyl (C=O) groups excluding carboxylic acids is 1. The molecule has 1 heterocycles. The van der Waals surface area contributed by atoms with Crippen molar-refractivity contribution in [2.45, 2.75) is 63.1 Å². The predicted molar refractivity (Wildman–Crippen MR) is 122 cm³/mol. The third kappa shape index (κ3) is 4.07. The van der Waals surface area contributed by atoms with Crippen molar-refractivity contribution in [3.63, 3.8) is 0 Å². The van der Waals surface area contributed by atoms with Crippen LogP contribution in [-0.2, 0) is 9.53 Å². The number of anilines is 1. The Morgan fingerprint density at radius 1 is 1.09 bits per heavy atom. The van der Waals surface area contributed by atoms with Gasteiger partial charge in [-0.05, 0) is 75.8 Å². The Kier molecular flexibility index (Phi) is 5.54. The molecule has 4 aliphatic carbocycles. The van der Waals surface area contributed by atoms with Crippen molar-refractivity contribution >= 4 is 17.7 Å². The summed E-state index contributed by atoms with van der Waals surface area (Å²) in [6.45, 7) is 6.64. The van der Waals surface area contributed by atoms with Crippen molar-refractivity contribution in [3.05, 3.63) is 30.1 Å². The molecular formula is C25H34FN3O4. The van der Waals surface area contributed by atoms with E-state index >= 15 is 0 Å². The van der Waals surface area contributed by atoms with Crippen LogP contribution in [0.4, 0.5) is 14.9 Å². The summed E-state index contributed by atoms with van der Waals surface area (Å²) in [6.07, 6.45) is 3.12. The molecule has 6 rings (SSSR count). The van der Waals surface area contributed by atoms with Crippen LogP contribution in [0.3, 0.4) is 0 Å². The molecule has 1 saturated heterocycles. The van der Waals surface area contributed by atoms with Gasteiger partial charge >= 0.3 is 6.16 Å². The van der Waals surface area contributed by atoms with Crippen LogP contribution in [0.5, 0.6) is 0 Å². The van der Waals surface area contributed by atoms with Crippen LogP contribution in [0.15, 0.2) is 24.3 Å². The first-order valence-corrected chi connectivity index (χ1v) is 12.1. The Morgan fingerprint density at radius 2 is 1.73 bits per heavy atom. The van der Waals surface area contributed by atoms with Crippen molar-refractivity contribution in [2.75, 3.05) is 31.1 Å². The molecule has 180 valence electrons. The Hall–Kier alpha value is -2.35. The van der Waals surface area contributed by atoms with Gasteiger partial charge in [0, 0.05) is 32.2 Å². The lowest BCUT2D eigenvalue weighted by molar-refractivity contribution is -0.157. The summed E-state index contributed by atoms with van der Waals surface area (Å²) in [7, 11) is 0. The largest absolute Gasteiger partial charge is 0.506 e. The van der Waals surface area contributed by atoms with Crippen LogP contribution in [0, 0.1) is 23.6 Å². The SMILES string of the molecule is CC(C)(C(=O)NC1C2CC3CC1CC(OC(=O)O)(C3)C2)N1CCN(c2ccccc2F)CC1. The van der Waals surface area contributed by atoms with Gasteiger partial charge in [-0.1, -0.05) is 12.1 Å². The van der Waals surface area contributed by atoms with Gasteiger partial charge in [0.25, 0.3) is 0 Å². The molecule has 1 aromatic rings. The molecule has 7 nitrogen and oxygen atoms in total. The van der Waals surface area contributed by atoms with Gasteiger partial charge in [0.05, 0.1) is 11.2 Å². The summed E-state index contributed by atoms with van der Waals surface area (Å²) in [4.78, 5) is 29.0. The predicted octanol–water partition coefficient (Wildman–Crippen LogP) is 3.48. The number of ether oxygens (including phenoxy) is 1. The third-order valence-electron chi connectivity index (χ3n) is 8.64. The quantitative estimate of drug-likeness (QED) is 0.656. The van der Waals surface area contributed by atoms with Gasteiger partial charge in [0.2, 0.25) is 5.91 Å². The number of nitrogens with one attached hydrogen (secondary N) is 1. The first-order valence-electron chi connectivity index (χ1n) is 12.1. The number of nitrogens with zero attached hydrogens (tertiary/aromatic N) is 2. The summed E-state index contributed by atoms with van der Waals surface area (Å²) in [5.41, 5.74) is -0.613. The first kappa shape index (κ1) is 22.4. The van der Waals surface area contributed by atoms with Gasteiger partial charge in [0.15, 0.2) is 0 Å². The second kappa shape index (κ2) is 8.15. The van der Waals surface area contributed by atoms with Gasteiger partial charge in [0.1, 0.15) is 11.4 Å². The molecule has 4 bridgehead atoms. The molecular weight excluding hydrogens is 425 g/mol. The minimum Gasteiger partial charge on any atom is -0.450 e. The van der Waals surface area contributed by atoms with E-state index in [2.05, 4.69) is 10.2 Å². The zero-order chi connectivity index (χ0) is 23.4. The highest BCUT2D eigenvalue weighted by molar-refractivity contribution is 5.85. The minimum absolute atomic E-state index is 0.0209. The maximum Gasteiger partial charge on any atom is 0.506 e. The number of amides is 1. The third-order valence-corrected chi connectivity index (χ3v) is 8.64. The summed E-state index contributed by atoms with van der Waals surface area (Å²) in [5, 5.41) is 12.6. The molecule has 4 saturated carbocycles. The van der Waals surface area contributed by atoms with E-state index in [0.717, 1.165) is 19.3 Å². The van der Waals surface area contributed by atoms with E-state index in [0.29, 0.717) is 50.6 Å². The minimum atomic E-state index is -1.19. The van der Waals surface area contributed by atoms with Crippen molar-refractivity contribution < 1.29 is 23.8 Å². The van der Waals surface area contributed by atoms with E-state index in [-0.39, 0.29) is 29.6 Å². The highest BCUT2D eigenvalue weighted by Gasteiger charge is 2.58. The van der Waals surface area contributed by atoms with E-state index in [9.17, 15) is 19.1 Å². The van der Waals surface area contributed by atoms with Crippen molar-refractivity contribution in [1.29, 1.82) is 0 Å². The Bertz CT molecular complexity index is 914. The van der Waals surface area contributed by atoms with Gasteiger partial charge < -0.3 is 20.1 Å². The number of piperazine rings is 1. The lowest BCUT2D eigenvalue weighted by atomic mass is 9.52. The number of para-hydroxylation sites is 1. The summed E-state index contributed by atoms with van der Waals surface area (Å²) < 4.78 is 19.6. The zero-order valence-corrected chi connectivity index (χ0v) is 19.4. The number of halogens is 1. The highest BCUT2D eigenvalue weighted by Crippen LogP contribution is 2.57. The number of hydrogen-bond donors (Lipinski definition) is 2. The monoisotopic (exact) mass is 459 g/mol. The fourth-order valence-corrected chi connectivity index (χ4v) is 7.18. The highest BCUT2D eigenvalue weighted by atomic mass is 19.1.